The van der Waals surface area contributed by atoms with E-state index in [1.165, 1.54) is 205 Å². The van der Waals surface area contributed by atoms with Crippen molar-refractivity contribution in [1.82, 2.24) is 5.32 Å². The van der Waals surface area contributed by atoms with Crippen molar-refractivity contribution in [3.05, 3.63) is 72.9 Å². The number of rotatable bonds is 62. The minimum absolute atomic E-state index is 0.0378. The lowest BCUT2D eigenvalue weighted by atomic mass is 10.0. The Hall–Kier alpha value is -2.55. The number of nitrogens with one attached hydrogen (secondary N) is 1. The zero-order valence-electron chi connectivity index (χ0n) is 54.0. The van der Waals surface area contributed by atoms with Crippen molar-refractivity contribution >= 4 is 19.7 Å². The molecule has 0 aromatic heterocycles. The average Bonchev–Trinajstić information content (AvgIpc) is 3.44. The van der Waals surface area contributed by atoms with E-state index < -0.39 is 20.0 Å². The molecule has 0 aliphatic rings. The van der Waals surface area contributed by atoms with Gasteiger partial charge < -0.3 is 19.4 Å². The van der Waals surface area contributed by atoms with E-state index in [9.17, 15) is 19.0 Å². The summed E-state index contributed by atoms with van der Waals surface area (Å²) >= 11 is 0. The smallest absolute Gasteiger partial charge is 0.456 e. The molecule has 0 saturated heterocycles. The van der Waals surface area contributed by atoms with Crippen LogP contribution < -0.4 is 5.32 Å². The summed E-state index contributed by atoms with van der Waals surface area (Å²) in [5, 5.41) is 3.07. The van der Waals surface area contributed by atoms with E-state index in [-0.39, 0.29) is 31.5 Å². The quantitative estimate of drug-likeness (QED) is 0.0205. The van der Waals surface area contributed by atoms with Crippen LogP contribution in [0.2, 0.25) is 0 Å². The Morgan fingerprint density at radius 1 is 0.432 bits per heavy atom. The Morgan fingerprint density at radius 3 is 1.15 bits per heavy atom. The number of likely N-dealkylation sites (N-methyl/N-ethyl adjacent to an activating group) is 1. The van der Waals surface area contributed by atoms with Gasteiger partial charge in [0.25, 0.3) is 0 Å². The SMILES string of the molecule is CCCCC/C=C\C/C=C\C/C=C\CCCCCCCCCCCCC(=O)OC(/C=C/CCCCCCCCCCC)C(COP(=O)(O)OCC[N+](C)(C)C)NC(=O)CCCCCCCCCCCCC/C=C\C/C=C\CCCCC. The molecular weight excluding hydrogens is 1020 g/mol. The zero-order chi connectivity index (χ0) is 59.3. The van der Waals surface area contributed by atoms with E-state index in [4.69, 9.17) is 13.8 Å². The Kier molecular flexibility index (Phi) is 58.7. The molecule has 0 bridgehead atoms. The molecule has 3 atom stereocenters. The first kappa shape index (κ1) is 78.5. The summed E-state index contributed by atoms with van der Waals surface area (Å²) in [6.07, 6.45) is 79.0. The van der Waals surface area contributed by atoms with Crippen LogP contribution in [-0.4, -0.2) is 74.3 Å². The highest BCUT2D eigenvalue weighted by Crippen LogP contribution is 2.43. The highest BCUT2D eigenvalue weighted by molar-refractivity contribution is 7.47. The number of hydrogen-bond acceptors (Lipinski definition) is 6. The van der Waals surface area contributed by atoms with Crippen LogP contribution in [0, 0.1) is 0 Å². The summed E-state index contributed by atoms with van der Waals surface area (Å²) in [7, 11) is 1.49. The van der Waals surface area contributed by atoms with Crippen LogP contribution in [0.1, 0.15) is 316 Å². The van der Waals surface area contributed by atoms with Gasteiger partial charge in [0.05, 0.1) is 33.8 Å². The first-order chi connectivity index (χ1) is 39.4. The number of amides is 1. The third kappa shape index (κ3) is 61.8. The summed E-state index contributed by atoms with van der Waals surface area (Å²) in [6, 6.07) is -0.853. The summed E-state index contributed by atoms with van der Waals surface area (Å²) in [6.45, 7) is 6.98. The van der Waals surface area contributed by atoms with E-state index in [1.807, 2.05) is 33.3 Å². The number of carbonyl (C=O) groups excluding carboxylic acids is 2. The van der Waals surface area contributed by atoms with Crippen molar-refractivity contribution in [2.75, 3.05) is 40.9 Å². The van der Waals surface area contributed by atoms with Crippen molar-refractivity contribution in [3.8, 4) is 0 Å². The Balaban J connectivity index is 5.09. The van der Waals surface area contributed by atoms with E-state index in [0.717, 1.165) is 77.0 Å². The highest BCUT2D eigenvalue weighted by Gasteiger charge is 2.30. The molecule has 0 aromatic rings. The second kappa shape index (κ2) is 60.6. The van der Waals surface area contributed by atoms with Crippen LogP contribution in [0.3, 0.4) is 0 Å². The van der Waals surface area contributed by atoms with Gasteiger partial charge in [-0.05, 0) is 102 Å². The molecule has 0 aliphatic carbocycles. The molecule has 1 amide bonds. The van der Waals surface area contributed by atoms with Gasteiger partial charge in [-0.1, -0.05) is 274 Å². The molecule has 81 heavy (non-hydrogen) atoms. The van der Waals surface area contributed by atoms with Crippen LogP contribution in [0.5, 0.6) is 0 Å². The van der Waals surface area contributed by atoms with Gasteiger partial charge in [0.15, 0.2) is 0 Å². The number of phosphoric ester groups is 1. The molecular formula is C71H132N2O7P+. The monoisotopic (exact) mass is 1160 g/mol. The maximum Gasteiger partial charge on any atom is 0.472 e. The largest absolute Gasteiger partial charge is 0.472 e. The number of phosphoric acid groups is 1. The molecule has 0 rings (SSSR count). The first-order valence-electron chi connectivity index (χ1n) is 34.3. The number of quaternary nitrogens is 1. The van der Waals surface area contributed by atoms with E-state index >= 15 is 0 Å². The van der Waals surface area contributed by atoms with Crippen molar-refractivity contribution in [2.45, 2.75) is 328 Å². The summed E-state index contributed by atoms with van der Waals surface area (Å²) in [5.74, 6) is -0.505. The lowest BCUT2D eigenvalue weighted by molar-refractivity contribution is -0.870. The molecule has 3 unspecified atom stereocenters. The van der Waals surface area contributed by atoms with Gasteiger partial charge in [-0.2, -0.15) is 0 Å². The van der Waals surface area contributed by atoms with Gasteiger partial charge in [-0.15, -0.1) is 0 Å². The number of unbranched alkanes of at least 4 members (excludes halogenated alkanes) is 36. The molecule has 10 heteroatoms. The van der Waals surface area contributed by atoms with Crippen molar-refractivity contribution < 1.29 is 37.3 Å². The van der Waals surface area contributed by atoms with Crippen molar-refractivity contribution in [3.63, 3.8) is 0 Å². The maximum atomic E-state index is 13.6. The number of esters is 1. The normalized spacial score (nSPS) is 14.0. The van der Waals surface area contributed by atoms with Gasteiger partial charge in [0, 0.05) is 12.8 Å². The van der Waals surface area contributed by atoms with Gasteiger partial charge >= 0.3 is 13.8 Å². The third-order valence-electron chi connectivity index (χ3n) is 15.1. The average molecular weight is 1160 g/mol. The van der Waals surface area contributed by atoms with Crippen LogP contribution in [0.25, 0.3) is 0 Å². The second-order valence-electron chi connectivity index (χ2n) is 24.3. The fourth-order valence-electron chi connectivity index (χ4n) is 9.80. The molecule has 0 radical (unpaired) electrons. The predicted molar refractivity (Wildman–Crippen MR) is 351 cm³/mol. The van der Waals surface area contributed by atoms with Gasteiger partial charge in [0.1, 0.15) is 19.3 Å². The van der Waals surface area contributed by atoms with E-state index in [1.54, 1.807) is 0 Å². The number of hydrogen-bond donors (Lipinski definition) is 2. The van der Waals surface area contributed by atoms with Crippen LogP contribution in [-0.2, 0) is 27.9 Å². The molecule has 472 valence electrons. The zero-order valence-corrected chi connectivity index (χ0v) is 54.9. The molecule has 0 saturated carbocycles. The number of nitrogens with zero attached hydrogens (tertiary/aromatic N) is 1. The predicted octanol–water partition coefficient (Wildman–Crippen LogP) is 21.6. The van der Waals surface area contributed by atoms with E-state index in [2.05, 4.69) is 86.8 Å². The molecule has 0 spiro atoms. The van der Waals surface area contributed by atoms with Crippen molar-refractivity contribution in [1.29, 1.82) is 0 Å². The summed E-state index contributed by atoms with van der Waals surface area (Å²) < 4.78 is 30.8. The van der Waals surface area contributed by atoms with Crippen molar-refractivity contribution in [2.24, 2.45) is 0 Å². The standard InChI is InChI=1S/C71H131N2O7P/c1-7-10-13-16-19-22-25-27-29-31-33-35-36-38-40-42-44-46-49-52-55-58-61-64-71(75)80-69(62-59-56-53-50-47-24-21-18-15-12-9-3)68(67-79-81(76,77)78-66-65-73(4,5)6)72-70(74)63-60-57-54-51-48-45-43-41-39-37-34-32-30-28-26-23-20-17-14-11-8-2/h19-20,22-23,27-30,33,35,59,62,68-69H,7-18,21,24-26,31-32,34,36-58,60-61,63-67H2,1-6H3,(H-,72,74,76,77)/p+1/b22-19-,23-20-,29-27-,30-28-,35-33-,62-59+. The molecule has 0 aromatic carbocycles. The summed E-state index contributed by atoms with van der Waals surface area (Å²) in [5.41, 5.74) is 0. The molecule has 0 heterocycles. The van der Waals surface area contributed by atoms with Crippen LogP contribution in [0.4, 0.5) is 0 Å². The minimum atomic E-state index is -4.45. The number of ether oxygens (including phenoxy) is 1. The molecule has 9 nitrogen and oxygen atoms in total. The Bertz CT molecular complexity index is 1620. The van der Waals surface area contributed by atoms with Crippen LogP contribution in [0.15, 0.2) is 72.9 Å². The Morgan fingerprint density at radius 2 is 0.753 bits per heavy atom. The first-order valence-corrected chi connectivity index (χ1v) is 35.8. The topological polar surface area (TPSA) is 111 Å². The number of allylic oxidation sites excluding steroid dienone is 11. The highest BCUT2D eigenvalue weighted by atomic mass is 31.2. The second-order valence-corrected chi connectivity index (χ2v) is 25.8. The molecule has 0 aliphatic heterocycles. The van der Waals surface area contributed by atoms with Gasteiger partial charge in [-0.25, -0.2) is 4.57 Å². The molecule has 2 N–H and O–H groups in total. The minimum Gasteiger partial charge on any atom is -0.456 e. The maximum absolute atomic E-state index is 13.6. The lowest BCUT2D eigenvalue weighted by Crippen LogP contribution is -2.47. The van der Waals surface area contributed by atoms with Gasteiger partial charge in [-0.3, -0.25) is 18.6 Å². The lowest BCUT2D eigenvalue weighted by Gasteiger charge is -2.27. The van der Waals surface area contributed by atoms with Gasteiger partial charge in [0.2, 0.25) is 5.91 Å². The van der Waals surface area contributed by atoms with E-state index in [0.29, 0.717) is 17.4 Å². The molecule has 0 fully saturated rings. The fraction of sp³-hybridized carbons (Fsp3) is 0.803. The third-order valence-corrected chi connectivity index (χ3v) is 16.1. The Labute approximate surface area is 502 Å². The summed E-state index contributed by atoms with van der Waals surface area (Å²) in [4.78, 5) is 37.8. The number of carbonyl (C=O) groups is 2. The van der Waals surface area contributed by atoms with Crippen LogP contribution >= 0.6 is 7.82 Å². The fourth-order valence-corrected chi connectivity index (χ4v) is 10.5.